The average Bonchev–Trinajstić information content (AvgIpc) is 3.26. The van der Waals surface area contributed by atoms with Crippen molar-refractivity contribution in [2.45, 2.75) is 25.8 Å². The normalized spacial score (nSPS) is 13.8. The topological polar surface area (TPSA) is 77.1 Å². The molecule has 0 bridgehead atoms. The lowest BCUT2D eigenvalue weighted by Crippen LogP contribution is -2.13. The van der Waals surface area contributed by atoms with Crippen LogP contribution in [0.2, 0.25) is 0 Å². The van der Waals surface area contributed by atoms with Gasteiger partial charge in [0.05, 0.1) is 29.5 Å². The Kier molecular flexibility index (Phi) is 3.71. The zero-order valence-corrected chi connectivity index (χ0v) is 15.1. The molecule has 3 aromatic heterocycles. The van der Waals surface area contributed by atoms with Crippen LogP contribution in [0.1, 0.15) is 34.8 Å². The number of carbonyl (C=O) groups is 1. The summed E-state index contributed by atoms with van der Waals surface area (Å²) >= 11 is 0. The van der Waals surface area contributed by atoms with E-state index in [1.807, 2.05) is 18.2 Å². The molecule has 1 aliphatic rings. The number of nitrogens with one attached hydrogen (secondary N) is 1. The van der Waals surface area contributed by atoms with Crippen molar-refractivity contribution in [3.63, 3.8) is 0 Å². The monoisotopic (exact) mass is 376 g/mol. The smallest absolute Gasteiger partial charge is 0.259 e. The van der Waals surface area contributed by atoms with Crippen LogP contribution in [0.15, 0.2) is 48.9 Å². The molecule has 0 radical (unpaired) electrons. The summed E-state index contributed by atoms with van der Waals surface area (Å²) in [4.78, 5) is 12.8. The van der Waals surface area contributed by atoms with Crippen molar-refractivity contribution in [3.8, 4) is 11.3 Å². The van der Waals surface area contributed by atoms with Gasteiger partial charge in [-0.2, -0.15) is 5.10 Å². The van der Waals surface area contributed by atoms with Gasteiger partial charge in [-0.3, -0.25) is 4.79 Å². The number of carbonyl (C=O) groups excluding carboxylic acids is 1. The molecule has 0 atom stereocenters. The first kappa shape index (κ1) is 16.6. The van der Waals surface area contributed by atoms with Crippen molar-refractivity contribution in [3.05, 3.63) is 65.9 Å². The van der Waals surface area contributed by atoms with Crippen LogP contribution in [0.25, 0.3) is 16.8 Å². The molecule has 0 unspecified atom stereocenters. The van der Waals surface area contributed by atoms with Crippen LogP contribution in [-0.4, -0.2) is 30.5 Å². The van der Waals surface area contributed by atoms with Crippen molar-refractivity contribution in [1.82, 2.24) is 24.6 Å². The largest absolute Gasteiger partial charge is 0.322 e. The maximum atomic E-state index is 14.6. The van der Waals surface area contributed by atoms with E-state index in [1.54, 1.807) is 34.6 Å². The standard InChI is InChI=1S/C20H17FN6O/c1-12-8-16(21)14(18-11-27(25-24-18)13-5-6-13)9-17(12)23-20(28)15-10-22-26-7-3-2-4-19(15)26/h2-4,7-11,13H,5-6H2,1H3,(H,23,28). The first-order valence-electron chi connectivity index (χ1n) is 9.06. The van der Waals surface area contributed by atoms with Crippen molar-refractivity contribution in [2.75, 3.05) is 5.32 Å². The van der Waals surface area contributed by atoms with Crippen molar-refractivity contribution < 1.29 is 9.18 Å². The van der Waals surface area contributed by atoms with E-state index < -0.39 is 5.82 Å². The SMILES string of the molecule is Cc1cc(F)c(-c2cn(C3CC3)nn2)cc1NC(=O)c1cnn2ccccc12. The summed E-state index contributed by atoms with van der Waals surface area (Å²) in [6.45, 7) is 1.75. The van der Waals surface area contributed by atoms with Gasteiger partial charge in [-0.1, -0.05) is 11.3 Å². The van der Waals surface area contributed by atoms with Crippen LogP contribution in [-0.2, 0) is 0 Å². The Bertz CT molecular complexity index is 1210. The highest BCUT2D eigenvalue weighted by Crippen LogP contribution is 2.35. The number of aryl methyl sites for hydroxylation is 1. The molecule has 0 spiro atoms. The molecule has 3 heterocycles. The lowest BCUT2D eigenvalue weighted by atomic mass is 10.1. The number of nitrogens with zero attached hydrogens (tertiary/aromatic N) is 5. The quantitative estimate of drug-likeness (QED) is 0.590. The van der Waals surface area contributed by atoms with Gasteiger partial charge >= 0.3 is 0 Å². The van der Waals surface area contributed by atoms with Gasteiger partial charge in [0, 0.05) is 17.4 Å². The summed E-state index contributed by atoms with van der Waals surface area (Å²) in [6.07, 6.45) is 7.19. The van der Waals surface area contributed by atoms with Crippen LogP contribution < -0.4 is 5.32 Å². The number of pyridine rings is 1. The molecule has 5 rings (SSSR count). The number of benzene rings is 1. The van der Waals surface area contributed by atoms with E-state index in [2.05, 4.69) is 20.7 Å². The van der Waals surface area contributed by atoms with E-state index in [1.165, 1.54) is 12.3 Å². The molecule has 7 nitrogen and oxygen atoms in total. The van der Waals surface area contributed by atoms with Crippen LogP contribution >= 0.6 is 0 Å². The van der Waals surface area contributed by atoms with E-state index in [4.69, 9.17) is 0 Å². The van der Waals surface area contributed by atoms with Crippen molar-refractivity contribution >= 4 is 17.1 Å². The Morgan fingerprint density at radius 3 is 2.96 bits per heavy atom. The Morgan fingerprint density at radius 2 is 2.14 bits per heavy atom. The number of hydrogen-bond acceptors (Lipinski definition) is 4. The van der Waals surface area contributed by atoms with Crippen molar-refractivity contribution in [2.24, 2.45) is 0 Å². The van der Waals surface area contributed by atoms with E-state index in [0.29, 0.717) is 39.6 Å². The molecule has 1 amide bonds. The van der Waals surface area contributed by atoms with Gasteiger partial charge in [0.15, 0.2) is 0 Å². The van der Waals surface area contributed by atoms with Crippen LogP contribution in [0.4, 0.5) is 10.1 Å². The molecule has 0 saturated heterocycles. The molecule has 1 aliphatic carbocycles. The zero-order valence-electron chi connectivity index (χ0n) is 15.1. The maximum absolute atomic E-state index is 14.6. The Labute approximate surface area is 159 Å². The summed E-state index contributed by atoms with van der Waals surface area (Å²) < 4.78 is 18.0. The molecule has 1 saturated carbocycles. The van der Waals surface area contributed by atoms with Gasteiger partial charge in [0.25, 0.3) is 5.91 Å². The third kappa shape index (κ3) is 2.83. The van der Waals surface area contributed by atoms with Gasteiger partial charge in [-0.15, -0.1) is 5.10 Å². The van der Waals surface area contributed by atoms with Gasteiger partial charge in [0.1, 0.15) is 11.5 Å². The summed E-state index contributed by atoms with van der Waals surface area (Å²) in [6, 6.07) is 8.88. The second-order valence-corrected chi connectivity index (χ2v) is 7.00. The fourth-order valence-electron chi connectivity index (χ4n) is 3.22. The van der Waals surface area contributed by atoms with Gasteiger partial charge < -0.3 is 5.32 Å². The number of amides is 1. The molecule has 1 N–H and O–H groups in total. The molecule has 4 aromatic rings. The Balaban J connectivity index is 1.48. The minimum Gasteiger partial charge on any atom is -0.322 e. The molecule has 28 heavy (non-hydrogen) atoms. The maximum Gasteiger partial charge on any atom is 0.259 e. The number of fused-ring (bicyclic) bond motifs is 1. The van der Waals surface area contributed by atoms with E-state index in [9.17, 15) is 9.18 Å². The molecular formula is C20H17FN6O. The van der Waals surface area contributed by atoms with Crippen LogP contribution in [0, 0.1) is 12.7 Å². The summed E-state index contributed by atoms with van der Waals surface area (Å²) in [7, 11) is 0. The van der Waals surface area contributed by atoms with E-state index in [0.717, 1.165) is 12.8 Å². The van der Waals surface area contributed by atoms with Gasteiger partial charge in [0.2, 0.25) is 0 Å². The average molecular weight is 376 g/mol. The van der Waals surface area contributed by atoms with Crippen molar-refractivity contribution in [1.29, 1.82) is 0 Å². The van der Waals surface area contributed by atoms with E-state index >= 15 is 0 Å². The second-order valence-electron chi connectivity index (χ2n) is 7.00. The third-order valence-corrected chi connectivity index (χ3v) is 4.94. The Morgan fingerprint density at radius 1 is 1.29 bits per heavy atom. The molecule has 1 aromatic carbocycles. The minimum absolute atomic E-state index is 0.302. The Hall–Kier alpha value is -3.55. The highest BCUT2D eigenvalue weighted by Gasteiger charge is 2.25. The molecule has 140 valence electrons. The first-order valence-corrected chi connectivity index (χ1v) is 9.06. The van der Waals surface area contributed by atoms with Gasteiger partial charge in [-0.25, -0.2) is 13.6 Å². The molecule has 0 aliphatic heterocycles. The zero-order chi connectivity index (χ0) is 19.3. The number of aromatic nitrogens is 5. The second kappa shape index (κ2) is 6.26. The lowest BCUT2D eigenvalue weighted by molar-refractivity contribution is 0.102. The molecule has 8 heteroatoms. The fourth-order valence-corrected chi connectivity index (χ4v) is 3.22. The van der Waals surface area contributed by atoms with Gasteiger partial charge in [-0.05, 0) is 49.6 Å². The molecular weight excluding hydrogens is 359 g/mol. The third-order valence-electron chi connectivity index (χ3n) is 4.94. The fraction of sp³-hybridized carbons (Fsp3) is 0.200. The lowest BCUT2D eigenvalue weighted by Gasteiger charge is -2.10. The van der Waals surface area contributed by atoms with E-state index in [-0.39, 0.29) is 5.91 Å². The predicted molar refractivity (Wildman–Crippen MR) is 102 cm³/mol. The number of rotatable bonds is 4. The minimum atomic E-state index is -0.394. The number of anilines is 1. The summed E-state index contributed by atoms with van der Waals surface area (Å²) in [5, 5.41) is 15.2. The number of hydrogen-bond donors (Lipinski definition) is 1. The number of halogens is 1. The first-order chi connectivity index (χ1) is 13.6. The summed E-state index contributed by atoms with van der Waals surface area (Å²) in [5.41, 5.74) is 3.07. The van der Waals surface area contributed by atoms with Crippen LogP contribution in [0.3, 0.4) is 0 Å². The summed E-state index contributed by atoms with van der Waals surface area (Å²) in [5.74, 6) is -0.696. The predicted octanol–water partition coefficient (Wildman–Crippen LogP) is 3.63. The van der Waals surface area contributed by atoms with Crippen LogP contribution in [0.5, 0.6) is 0 Å². The molecule has 1 fully saturated rings. The highest BCUT2D eigenvalue weighted by molar-refractivity contribution is 6.09. The highest BCUT2D eigenvalue weighted by atomic mass is 19.1.